The van der Waals surface area contributed by atoms with Crippen molar-refractivity contribution in [2.75, 3.05) is 0 Å². The van der Waals surface area contributed by atoms with E-state index in [0.29, 0.717) is 16.7 Å². The minimum absolute atomic E-state index is 0.446. The second-order valence-electron chi connectivity index (χ2n) is 3.87. The van der Waals surface area contributed by atoms with Gasteiger partial charge in [-0.2, -0.15) is 0 Å². The molecule has 1 heterocycles. The smallest absolute Gasteiger partial charge is 0.238 e. The molecule has 0 radical (unpaired) electrons. The lowest BCUT2D eigenvalue weighted by atomic mass is 10.3. The Morgan fingerprint density at radius 2 is 1.84 bits per heavy atom. The van der Waals surface area contributed by atoms with Crippen molar-refractivity contribution in [1.82, 2.24) is 9.97 Å². The van der Waals surface area contributed by atoms with E-state index in [4.69, 9.17) is 16.3 Å². The highest BCUT2D eigenvalue weighted by Crippen LogP contribution is 2.31. The van der Waals surface area contributed by atoms with Crippen LogP contribution in [0.2, 0.25) is 5.02 Å². The van der Waals surface area contributed by atoms with Crippen molar-refractivity contribution in [3.63, 3.8) is 0 Å². The maximum Gasteiger partial charge on any atom is 0.238 e. The van der Waals surface area contributed by atoms with E-state index >= 15 is 0 Å². The molecule has 0 amide bonds. The molecule has 1 aromatic heterocycles. The van der Waals surface area contributed by atoms with Crippen LogP contribution in [0.3, 0.4) is 0 Å². The summed E-state index contributed by atoms with van der Waals surface area (Å²) < 4.78 is 6.47. The van der Waals surface area contributed by atoms with Crippen LogP contribution in [0.15, 0.2) is 53.1 Å². The Labute approximate surface area is 123 Å². The first kappa shape index (κ1) is 12.4. The van der Waals surface area contributed by atoms with Crippen molar-refractivity contribution in [3.05, 3.63) is 58.2 Å². The normalized spacial score (nSPS) is 10.6. The molecule has 3 aromatic rings. The Bertz CT molecular complexity index is 748. The highest BCUT2D eigenvalue weighted by molar-refractivity contribution is 9.10. The number of hydrogen-bond acceptors (Lipinski definition) is 3. The molecule has 0 bridgehead atoms. The average Bonchev–Trinajstić information content (AvgIpc) is 2.42. The highest BCUT2D eigenvalue weighted by atomic mass is 79.9. The Balaban J connectivity index is 1.96. The summed E-state index contributed by atoms with van der Waals surface area (Å²) in [7, 11) is 0. The monoisotopic (exact) mass is 334 g/mol. The summed E-state index contributed by atoms with van der Waals surface area (Å²) in [4.78, 5) is 8.69. The molecule has 0 aliphatic rings. The molecule has 0 spiro atoms. The lowest BCUT2D eigenvalue weighted by Gasteiger charge is -2.07. The van der Waals surface area contributed by atoms with Crippen molar-refractivity contribution < 1.29 is 4.74 Å². The van der Waals surface area contributed by atoms with Gasteiger partial charge in [0.1, 0.15) is 5.75 Å². The van der Waals surface area contributed by atoms with E-state index in [0.717, 1.165) is 15.5 Å². The van der Waals surface area contributed by atoms with Crippen LogP contribution in [0, 0.1) is 0 Å². The Morgan fingerprint density at radius 3 is 2.63 bits per heavy atom. The van der Waals surface area contributed by atoms with Crippen LogP contribution in [-0.4, -0.2) is 9.97 Å². The molecule has 0 aliphatic heterocycles. The van der Waals surface area contributed by atoms with Crippen molar-refractivity contribution in [1.29, 1.82) is 0 Å². The first-order valence-corrected chi connectivity index (χ1v) is 6.74. The Hall–Kier alpha value is -1.65. The van der Waals surface area contributed by atoms with Crippen LogP contribution < -0.4 is 4.74 Å². The van der Waals surface area contributed by atoms with Crippen LogP contribution in [0.4, 0.5) is 0 Å². The van der Waals surface area contributed by atoms with Crippen LogP contribution in [0.1, 0.15) is 0 Å². The standard InChI is InChI=1S/C14H8BrClN2O/c15-10-7-9(16)5-6-13(10)19-14-8-17-11-3-1-2-4-12(11)18-14/h1-8H. The minimum atomic E-state index is 0.446. The second kappa shape index (κ2) is 5.15. The lowest BCUT2D eigenvalue weighted by Crippen LogP contribution is -1.91. The first-order valence-electron chi connectivity index (χ1n) is 5.57. The fourth-order valence-electron chi connectivity index (χ4n) is 1.66. The third-order valence-electron chi connectivity index (χ3n) is 2.53. The molecular weight excluding hydrogens is 328 g/mol. The van der Waals surface area contributed by atoms with Gasteiger partial charge in [-0.05, 0) is 46.3 Å². The zero-order chi connectivity index (χ0) is 13.2. The van der Waals surface area contributed by atoms with E-state index in [9.17, 15) is 0 Å². The maximum absolute atomic E-state index is 5.88. The topological polar surface area (TPSA) is 35.0 Å². The van der Waals surface area contributed by atoms with Gasteiger partial charge in [0.2, 0.25) is 5.88 Å². The summed E-state index contributed by atoms with van der Waals surface area (Å²) in [5, 5.41) is 0.642. The summed E-state index contributed by atoms with van der Waals surface area (Å²) in [6.45, 7) is 0. The largest absolute Gasteiger partial charge is 0.436 e. The number of rotatable bonds is 2. The zero-order valence-corrected chi connectivity index (χ0v) is 12.0. The van der Waals surface area contributed by atoms with Crippen molar-refractivity contribution >= 4 is 38.6 Å². The van der Waals surface area contributed by atoms with Gasteiger partial charge in [-0.15, -0.1) is 0 Å². The Kier molecular flexibility index (Phi) is 3.36. The number of halogens is 2. The zero-order valence-electron chi connectivity index (χ0n) is 9.68. The molecule has 0 saturated heterocycles. The number of aromatic nitrogens is 2. The first-order chi connectivity index (χ1) is 9.22. The van der Waals surface area contributed by atoms with Crippen LogP contribution in [0.25, 0.3) is 11.0 Å². The van der Waals surface area contributed by atoms with Gasteiger partial charge >= 0.3 is 0 Å². The minimum Gasteiger partial charge on any atom is -0.436 e. The predicted molar refractivity (Wildman–Crippen MR) is 78.8 cm³/mol. The third kappa shape index (κ3) is 2.69. The van der Waals surface area contributed by atoms with E-state index in [1.807, 2.05) is 24.3 Å². The van der Waals surface area contributed by atoms with Crippen LogP contribution in [0.5, 0.6) is 11.6 Å². The maximum atomic E-state index is 5.88. The van der Waals surface area contributed by atoms with Crippen molar-refractivity contribution in [2.24, 2.45) is 0 Å². The molecule has 0 N–H and O–H groups in total. The molecule has 0 aliphatic carbocycles. The second-order valence-corrected chi connectivity index (χ2v) is 5.16. The molecule has 0 saturated carbocycles. The average molecular weight is 336 g/mol. The van der Waals surface area contributed by atoms with Crippen molar-refractivity contribution in [2.45, 2.75) is 0 Å². The van der Waals surface area contributed by atoms with Gasteiger partial charge in [-0.3, -0.25) is 0 Å². The van der Waals surface area contributed by atoms with Crippen molar-refractivity contribution in [3.8, 4) is 11.6 Å². The molecule has 0 unspecified atom stereocenters. The summed E-state index contributed by atoms with van der Waals surface area (Å²) in [5.41, 5.74) is 1.63. The molecule has 3 rings (SSSR count). The van der Waals surface area contributed by atoms with Gasteiger partial charge in [0, 0.05) is 5.02 Å². The quantitative estimate of drug-likeness (QED) is 0.672. The molecule has 3 nitrogen and oxygen atoms in total. The fourth-order valence-corrected chi connectivity index (χ4v) is 2.42. The number of ether oxygens (including phenoxy) is 1. The van der Waals surface area contributed by atoms with Gasteiger partial charge in [0.25, 0.3) is 0 Å². The summed E-state index contributed by atoms with van der Waals surface area (Å²) in [6, 6.07) is 13.0. The molecule has 19 heavy (non-hydrogen) atoms. The van der Waals surface area contributed by atoms with Crippen LogP contribution in [-0.2, 0) is 0 Å². The van der Waals surface area contributed by atoms with Gasteiger partial charge in [0.15, 0.2) is 0 Å². The lowest BCUT2D eigenvalue weighted by molar-refractivity contribution is 0.460. The molecular formula is C14H8BrClN2O. The van der Waals surface area contributed by atoms with Gasteiger partial charge in [-0.1, -0.05) is 23.7 Å². The molecule has 0 atom stereocenters. The Morgan fingerprint density at radius 1 is 1.05 bits per heavy atom. The van der Waals surface area contributed by atoms with Crippen LogP contribution >= 0.6 is 27.5 Å². The number of fused-ring (bicyclic) bond motifs is 1. The number of para-hydroxylation sites is 2. The molecule has 5 heteroatoms. The summed E-state index contributed by atoms with van der Waals surface area (Å²) in [5.74, 6) is 1.09. The highest BCUT2D eigenvalue weighted by Gasteiger charge is 2.06. The molecule has 0 fully saturated rings. The summed E-state index contributed by atoms with van der Waals surface area (Å²) >= 11 is 9.28. The summed E-state index contributed by atoms with van der Waals surface area (Å²) in [6.07, 6.45) is 1.60. The van der Waals surface area contributed by atoms with Gasteiger partial charge < -0.3 is 4.74 Å². The predicted octanol–water partition coefficient (Wildman–Crippen LogP) is 4.84. The molecule has 94 valence electrons. The number of nitrogens with zero attached hydrogens (tertiary/aromatic N) is 2. The number of benzene rings is 2. The van der Waals surface area contributed by atoms with E-state index < -0.39 is 0 Å². The molecule has 2 aromatic carbocycles. The fraction of sp³-hybridized carbons (Fsp3) is 0. The van der Waals surface area contributed by atoms with Gasteiger partial charge in [0.05, 0.1) is 21.7 Å². The van der Waals surface area contributed by atoms with E-state index in [1.54, 1.807) is 24.4 Å². The number of hydrogen-bond donors (Lipinski definition) is 0. The van der Waals surface area contributed by atoms with Gasteiger partial charge in [-0.25, -0.2) is 9.97 Å². The van der Waals surface area contributed by atoms with E-state index in [-0.39, 0.29) is 0 Å². The SMILES string of the molecule is Clc1ccc(Oc2cnc3ccccc3n2)c(Br)c1. The van der Waals surface area contributed by atoms with E-state index in [1.165, 1.54) is 0 Å². The third-order valence-corrected chi connectivity index (χ3v) is 3.39. The van der Waals surface area contributed by atoms with E-state index in [2.05, 4.69) is 25.9 Å².